The van der Waals surface area contributed by atoms with Crippen LogP contribution in [0.5, 0.6) is 0 Å². The van der Waals surface area contributed by atoms with Crippen LogP contribution < -0.4 is 11.2 Å². The van der Waals surface area contributed by atoms with Crippen molar-refractivity contribution < 1.29 is 23.7 Å². The van der Waals surface area contributed by atoms with Crippen LogP contribution in [0, 0.1) is 0 Å². The lowest BCUT2D eigenvalue weighted by Gasteiger charge is -2.31. The normalized spacial score (nSPS) is 16.1. The molecule has 1 saturated heterocycles. The number of piperazine rings is 1. The topological polar surface area (TPSA) is 98.5 Å². The highest BCUT2D eigenvalue weighted by atomic mass is 16.6. The number of hydrogen-bond acceptors (Lipinski definition) is 8. The summed E-state index contributed by atoms with van der Waals surface area (Å²) in [5.74, 6) is 5.74. The SMILES string of the molecule is CCNC(=O)CCOCCOCCOCCOCCN1CCN(N)CC1. The van der Waals surface area contributed by atoms with Crippen molar-refractivity contribution in [2.24, 2.45) is 5.84 Å². The van der Waals surface area contributed by atoms with Crippen molar-refractivity contribution >= 4 is 5.91 Å². The minimum absolute atomic E-state index is 0.0159. The average molecular weight is 376 g/mol. The quantitative estimate of drug-likeness (QED) is 0.263. The molecular formula is C17H36N4O5. The Hall–Kier alpha value is -0.810. The van der Waals surface area contributed by atoms with Crippen molar-refractivity contribution in [1.29, 1.82) is 0 Å². The lowest BCUT2D eigenvalue weighted by atomic mass is 10.3. The van der Waals surface area contributed by atoms with E-state index in [2.05, 4.69) is 10.2 Å². The molecule has 0 saturated carbocycles. The molecule has 0 aromatic carbocycles. The molecule has 0 radical (unpaired) electrons. The van der Waals surface area contributed by atoms with Gasteiger partial charge < -0.3 is 24.3 Å². The number of hydrogen-bond donors (Lipinski definition) is 2. The van der Waals surface area contributed by atoms with Crippen LogP contribution in [0.15, 0.2) is 0 Å². The summed E-state index contributed by atoms with van der Waals surface area (Å²) in [5.41, 5.74) is 0. The molecule has 0 spiro atoms. The Kier molecular flexibility index (Phi) is 14.6. The van der Waals surface area contributed by atoms with Gasteiger partial charge in [-0.15, -0.1) is 0 Å². The second kappa shape index (κ2) is 16.4. The zero-order chi connectivity index (χ0) is 18.9. The molecule has 154 valence electrons. The van der Waals surface area contributed by atoms with Crippen LogP contribution in [-0.4, -0.2) is 108 Å². The fourth-order valence-electron chi connectivity index (χ4n) is 2.39. The van der Waals surface area contributed by atoms with Gasteiger partial charge in [0.25, 0.3) is 0 Å². The van der Waals surface area contributed by atoms with Crippen LogP contribution >= 0.6 is 0 Å². The Bertz CT molecular complexity index is 341. The third-order valence-corrected chi connectivity index (χ3v) is 3.92. The molecule has 1 aliphatic rings. The number of carbonyl (C=O) groups is 1. The number of nitrogens with zero attached hydrogens (tertiary/aromatic N) is 2. The molecule has 0 aromatic heterocycles. The van der Waals surface area contributed by atoms with Crippen molar-refractivity contribution in [1.82, 2.24) is 15.2 Å². The van der Waals surface area contributed by atoms with Gasteiger partial charge in [0, 0.05) is 45.7 Å². The summed E-state index contributed by atoms with van der Waals surface area (Å²) in [7, 11) is 0. The number of ether oxygens (including phenoxy) is 4. The van der Waals surface area contributed by atoms with E-state index in [0.717, 1.165) is 39.3 Å². The molecule has 9 heteroatoms. The van der Waals surface area contributed by atoms with Crippen molar-refractivity contribution in [3.05, 3.63) is 0 Å². The van der Waals surface area contributed by atoms with E-state index < -0.39 is 0 Å². The molecule has 0 bridgehead atoms. The summed E-state index contributed by atoms with van der Waals surface area (Å²) in [4.78, 5) is 13.5. The van der Waals surface area contributed by atoms with Gasteiger partial charge in [-0.2, -0.15) is 0 Å². The molecule has 1 fully saturated rings. The highest BCUT2D eigenvalue weighted by molar-refractivity contribution is 5.75. The maximum absolute atomic E-state index is 11.2. The lowest BCUT2D eigenvalue weighted by molar-refractivity contribution is -0.122. The van der Waals surface area contributed by atoms with E-state index in [1.807, 2.05) is 11.9 Å². The first kappa shape index (κ1) is 23.2. The highest BCUT2D eigenvalue weighted by Crippen LogP contribution is 1.96. The molecule has 1 heterocycles. The number of amides is 1. The number of nitrogens with two attached hydrogens (primary N) is 1. The first-order valence-electron chi connectivity index (χ1n) is 9.52. The fraction of sp³-hybridized carbons (Fsp3) is 0.941. The number of carbonyl (C=O) groups excluding carboxylic acids is 1. The van der Waals surface area contributed by atoms with E-state index in [4.69, 9.17) is 24.8 Å². The number of nitrogens with one attached hydrogen (secondary N) is 1. The smallest absolute Gasteiger partial charge is 0.222 e. The summed E-state index contributed by atoms with van der Waals surface area (Å²) in [5, 5.41) is 4.57. The van der Waals surface area contributed by atoms with E-state index >= 15 is 0 Å². The maximum Gasteiger partial charge on any atom is 0.222 e. The maximum atomic E-state index is 11.2. The summed E-state index contributed by atoms with van der Waals surface area (Å²) in [6.07, 6.45) is 0.389. The summed E-state index contributed by atoms with van der Waals surface area (Å²) >= 11 is 0. The van der Waals surface area contributed by atoms with Gasteiger partial charge in [-0.3, -0.25) is 15.5 Å². The van der Waals surface area contributed by atoms with Crippen LogP contribution in [0.4, 0.5) is 0 Å². The third kappa shape index (κ3) is 13.4. The van der Waals surface area contributed by atoms with Crippen molar-refractivity contribution in [3.8, 4) is 0 Å². The Morgan fingerprint density at radius 1 is 0.846 bits per heavy atom. The Labute approximate surface area is 157 Å². The Balaban J connectivity index is 1.71. The van der Waals surface area contributed by atoms with E-state index in [1.54, 1.807) is 0 Å². The van der Waals surface area contributed by atoms with Gasteiger partial charge in [-0.25, -0.2) is 5.01 Å². The molecule has 1 aliphatic heterocycles. The van der Waals surface area contributed by atoms with E-state index in [9.17, 15) is 4.79 Å². The molecule has 1 amide bonds. The standard InChI is InChI=1S/C17H36N4O5/c1-2-19-17(22)3-9-23-11-13-25-15-16-26-14-12-24-10-8-20-4-6-21(18)7-5-20/h2-16,18H2,1H3,(H,19,22). The number of hydrazine groups is 1. The second-order valence-electron chi connectivity index (χ2n) is 6.03. The third-order valence-electron chi connectivity index (χ3n) is 3.92. The van der Waals surface area contributed by atoms with Gasteiger partial charge in [-0.1, -0.05) is 0 Å². The molecule has 0 atom stereocenters. The van der Waals surface area contributed by atoms with Gasteiger partial charge >= 0.3 is 0 Å². The molecule has 3 N–H and O–H groups in total. The highest BCUT2D eigenvalue weighted by Gasteiger charge is 2.13. The van der Waals surface area contributed by atoms with Gasteiger partial charge in [0.05, 0.1) is 52.9 Å². The van der Waals surface area contributed by atoms with Crippen molar-refractivity contribution in [2.45, 2.75) is 13.3 Å². The molecule has 9 nitrogen and oxygen atoms in total. The van der Waals surface area contributed by atoms with Crippen LogP contribution in [0.25, 0.3) is 0 Å². The Morgan fingerprint density at radius 2 is 1.35 bits per heavy atom. The molecule has 1 rings (SSSR count). The largest absolute Gasteiger partial charge is 0.379 e. The lowest BCUT2D eigenvalue weighted by Crippen LogP contribution is -2.50. The van der Waals surface area contributed by atoms with Crippen LogP contribution in [0.3, 0.4) is 0 Å². The van der Waals surface area contributed by atoms with Gasteiger partial charge in [0.15, 0.2) is 0 Å². The van der Waals surface area contributed by atoms with Crippen LogP contribution in [-0.2, 0) is 23.7 Å². The van der Waals surface area contributed by atoms with E-state index in [1.165, 1.54) is 0 Å². The first-order valence-corrected chi connectivity index (χ1v) is 9.52. The van der Waals surface area contributed by atoms with Crippen LogP contribution in [0.1, 0.15) is 13.3 Å². The van der Waals surface area contributed by atoms with E-state index in [0.29, 0.717) is 59.2 Å². The second-order valence-corrected chi connectivity index (χ2v) is 6.03. The van der Waals surface area contributed by atoms with Crippen molar-refractivity contribution in [2.75, 3.05) is 92.1 Å². The number of rotatable bonds is 16. The fourth-order valence-corrected chi connectivity index (χ4v) is 2.39. The van der Waals surface area contributed by atoms with Gasteiger partial charge in [-0.05, 0) is 6.92 Å². The minimum atomic E-state index is 0.0159. The molecule has 0 unspecified atom stereocenters. The summed E-state index contributed by atoms with van der Waals surface area (Å²) in [6, 6.07) is 0. The minimum Gasteiger partial charge on any atom is -0.379 e. The molecule has 0 aromatic rings. The van der Waals surface area contributed by atoms with Gasteiger partial charge in [0.2, 0.25) is 5.91 Å². The van der Waals surface area contributed by atoms with Crippen LogP contribution in [0.2, 0.25) is 0 Å². The summed E-state index contributed by atoms with van der Waals surface area (Å²) in [6.45, 7) is 11.7. The predicted molar refractivity (Wildman–Crippen MR) is 98.8 cm³/mol. The zero-order valence-electron chi connectivity index (χ0n) is 16.1. The summed E-state index contributed by atoms with van der Waals surface area (Å²) < 4.78 is 21.7. The van der Waals surface area contributed by atoms with E-state index in [-0.39, 0.29) is 5.91 Å². The van der Waals surface area contributed by atoms with Gasteiger partial charge in [0.1, 0.15) is 0 Å². The zero-order valence-corrected chi connectivity index (χ0v) is 16.1. The monoisotopic (exact) mass is 376 g/mol. The molecule has 0 aliphatic carbocycles. The Morgan fingerprint density at radius 3 is 1.88 bits per heavy atom. The van der Waals surface area contributed by atoms with Crippen molar-refractivity contribution in [3.63, 3.8) is 0 Å². The average Bonchev–Trinajstić information content (AvgIpc) is 2.63. The molecule has 26 heavy (non-hydrogen) atoms. The molecular weight excluding hydrogens is 340 g/mol. The predicted octanol–water partition coefficient (Wildman–Crippen LogP) is -0.930. The first-order chi connectivity index (χ1) is 12.7.